The van der Waals surface area contributed by atoms with Gasteiger partial charge < -0.3 is 15.8 Å². The van der Waals surface area contributed by atoms with Crippen LogP contribution in [0.15, 0.2) is 4.99 Å². The van der Waals surface area contributed by atoms with E-state index in [1.807, 2.05) is 0 Å². The van der Waals surface area contributed by atoms with Gasteiger partial charge in [-0.2, -0.15) is 5.26 Å². The highest BCUT2D eigenvalue weighted by Gasteiger charge is 2.11. The van der Waals surface area contributed by atoms with E-state index in [4.69, 9.17) is 15.7 Å². The molecular formula is C6H11N5O. The monoisotopic (exact) mass is 169 g/mol. The normalized spacial score (nSPS) is 24.6. The highest BCUT2D eigenvalue weighted by atomic mass is 16.5. The molecule has 1 unspecified atom stereocenters. The van der Waals surface area contributed by atoms with Gasteiger partial charge in [-0.15, -0.1) is 0 Å². The van der Waals surface area contributed by atoms with Crippen LogP contribution in [0.3, 0.4) is 0 Å². The third-order valence-corrected chi connectivity index (χ3v) is 1.38. The number of nitrogens with one attached hydrogen (secondary N) is 2. The second-order valence-corrected chi connectivity index (χ2v) is 2.28. The van der Waals surface area contributed by atoms with Crippen molar-refractivity contribution in [2.24, 2.45) is 10.7 Å². The lowest BCUT2D eigenvalue weighted by atomic mass is 10.4. The smallest absolute Gasteiger partial charge is 0.204 e. The van der Waals surface area contributed by atoms with Crippen molar-refractivity contribution in [3.8, 4) is 6.19 Å². The second kappa shape index (κ2) is 4.54. The first-order chi connectivity index (χ1) is 5.83. The van der Waals surface area contributed by atoms with Gasteiger partial charge in [0.05, 0.1) is 6.61 Å². The molecule has 1 fully saturated rings. The lowest BCUT2D eigenvalue weighted by Crippen LogP contribution is -2.40. The fourth-order valence-corrected chi connectivity index (χ4v) is 0.879. The Morgan fingerprint density at radius 2 is 2.67 bits per heavy atom. The Morgan fingerprint density at radius 3 is 3.25 bits per heavy atom. The maximum Gasteiger partial charge on any atom is 0.204 e. The zero-order chi connectivity index (χ0) is 8.81. The zero-order valence-electron chi connectivity index (χ0n) is 6.58. The summed E-state index contributed by atoms with van der Waals surface area (Å²) >= 11 is 0. The van der Waals surface area contributed by atoms with Gasteiger partial charge >= 0.3 is 0 Å². The number of nitrogens with two attached hydrogens (primary N) is 1. The van der Waals surface area contributed by atoms with Crippen molar-refractivity contribution in [1.29, 1.82) is 5.26 Å². The molecule has 4 N–H and O–H groups in total. The maximum absolute atomic E-state index is 8.19. The molecule has 0 aliphatic carbocycles. The van der Waals surface area contributed by atoms with E-state index >= 15 is 0 Å². The molecule has 0 bridgehead atoms. The highest BCUT2D eigenvalue weighted by molar-refractivity contribution is 5.79. The SMILES string of the molecule is N#CN/C(N)=N/C1CNCCO1. The average Bonchev–Trinajstić information content (AvgIpc) is 2.06. The molecule has 1 aliphatic heterocycles. The number of morpholine rings is 1. The number of aliphatic imine (C=N–C) groups is 1. The summed E-state index contributed by atoms with van der Waals surface area (Å²) in [6, 6.07) is 0. The van der Waals surface area contributed by atoms with Gasteiger partial charge in [0.15, 0.2) is 12.4 Å². The predicted molar refractivity (Wildman–Crippen MR) is 43.0 cm³/mol. The molecule has 1 rings (SSSR count). The fourth-order valence-electron chi connectivity index (χ4n) is 0.879. The van der Waals surface area contributed by atoms with Crippen LogP contribution >= 0.6 is 0 Å². The van der Waals surface area contributed by atoms with E-state index in [1.165, 1.54) is 0 Å². The molecule has 66 valence electrons. The Kier molecular flexibility index (Phi) is 3.32. The summed E-state index contributed by atoms with van der Waals surface area (Å²) in [6.07, 6.45) is 1.40. The Balaban J connectivity index is 2.37. The zero-order valence-corrected chi connectivity index (χ0v) is 6.58. The van der Waals surface area contributed by atoms with Crippen LogP contribution in [0.1, 0.15) is 0 Å². The van der Waals surface area contributed by atoms with Gasteiger partial charge in [-0.3, -0.25) is 5.32 Å². The molecule has 1 aliphatic rings. The van der Waals surface area contributed by atoms with Crippen LogP contribution in [-0.2, 0) is 4.74 Å². The van der Waals surface area contributed by atoms with Crippen LogP contribution in [0.2, 0.25) is 0 Å². The first-order valence-electron chi connectivity index (χ1n) is 3.63. The fraction of sp³-hybridized carbons (Fsp3) is 0.667. The summed E-state index contributed by atoms with van der Waals surface area (Å²) in [5, 5.41) is 13.5. The van der Waals surface area contributed by atoms with Crippen molar-refractivity contribution in [2.45, 2.75) is 6.23 Å². The van der Waals surface area contributed by atoms with Gasteiger partial charge in [0.2, 0.25) is 5.96 Å². The van der Waals surface area contributed by atoms with Gasteiger partial charge in [0.25, 0.3) is 0 Å². The van der Waals surface area contributed by atoms with Crippen molar-refractivity contribution in [3.05, 3.63) is 0 Å². The minimum atomic E-state index is -0.278. The summed E-state index contributed by atoms with van der Waals surface area (Å²) in [5.41, 5.74) is 5.32. The molecule has 6 nitrogen and oxygen atoms in total. The van der Waals surface area contributed by atoms with Gasteiger partial charge in [-0.25, -0.2) is 4.99 Å². The van der Waals surface area contributed by atoms with Crippen molar-refractivity contribution in [1.82, 2.24) is 10.6 Å². The molecule has 1 heterocycles. The van der Waals surface area contributed by atoms with Gasteiger partial charge in [0, 0.05) is 13.1 Å². The quantitative estimate of drug-likeness (QED) is 0.188. The second-order valence-electron chi connectivity index (χ2n) is 2.28. The predicted octanol–water partition coefficient (Wildman–Crippen LogP) is -1.68. The minimum absolute atomic E-state index is 0.0891. The maximum atomic E-state index is 8.19. The van der Waals surface area contributed by atoms with Crippen LogP contribution in [0.25, 0.3) is 0 Å². The van der Waals surface area contributed by atoms with Gasteiger partial charge in [0.1, 0.15) is 0 Å². The summed E-state index contributed by atoms with van der Waals surface area (Å²) in [5.74, 6) is 0.0891. The standard InChI is InChI=1S/C6H11N5O/c7-4-10-6(8)11-5-3-9-1-2-12-5/h5,9H,1-3H2,(H3,8,10,11). The highest BCUT2D eigenvalue weighted by Crippen LogP contribution is 1.95. The summed E-state index contributed by atoms with van der Waals surface area (Å²) < 4.78 is 5.22. The number of hydrogen-bond donors (Lipinski definition) is 3. The lowest BCUT2D eigenvalue weighted by Gasteiger charge is -2.20. The Bertz CT molecular complexity index is 202. The molecule has 1 atom stereocenters. The van der Waals surface area contributed by atoms with E-state index < -0.39 is 0 Å². The Morgan fingerprint density at radius 1 is 1.83 bits per heavy atom. The molecule has 0 aromatic heterocycles. The van der Waals surface area contributed by atoms with E-state index in [0.29, 0.717) is 13.2 Å². The number of nitriles is 1. The molecule has 0 spiro atoms. The van der Waals surface area contributed by atoms with Gasteiger partial charge in [-0.1, -0.05) is 0 Å². The molecule has 12 heavy (non-hydrogen) atoms. The molecule has 0 aromatic rings. The molecule has 0 amide bonds. The van der Waals surface area contributed by atoms with Crippen molar-refractivity contribution in [2.75, 3.05) is 19.7 Å². The molecule has 0 radical (unpaired) electrons. The van der Waals surface area contributed by atoms with Crippen LogP contribution in [0.5, 0.6) is 0 Å². The third-order valence-electron chi connectivity index (χ3n) is 1.38. The summed E-state index contributed by atoms with van der Waals surface area (Å²) in [6.45, 7) is 2.08. The summed E-state index contributed by atoms with van der Waals surface area (Å²) in [4.78, 5) is 3.90. The Hall–Kier alpha value is -1.32. The topological polar surface area (TPSA) is 95.5 Å². The molecular weight excluding hydrogens is 158 g/mol. The van der Waals surface area contributed by atoms with Gasteiger partial charge in [-0.05, 0) is 0 Å². The van der Waals surface area contributed by atoms with E-state index in [1.54, 1.807) is 6.19 Å². The summed E-state index contributed by atoms with van der Waals surface area (Å²) in [7, 11) is 0. The lowest BCUT2D eigenvalue weighted by molar-refractivity contribution is 0.0346. The number of nitrogens with zero attached hydrogens (tertiary/aromatic N) is 2. The average molecular weight is 169 g/mol. The molecule has 0 saturated carbocycles. The van der Waals surface area contributed by atoms with Crippen molar-refractivity contribution >= 4 is 5.96 Å². The largest absolute Gasteiger partial charge is 0.369 e. The molecule has 0 aromatic carbocycles. The van der Waals surface area contributed by atoms with Crippen LogP contribution < -0.4 is 16.4 Å². The van der Waals surface area contributed by atoms with Crippen LogP contribution in [0.4, 0.5) is 0 Å². The number of hydrogen-bond acceptors (Lipinski definition) is 4. The first kappa shape index (κ1) is 8.77. The van der Waals surface area contributed by atoms with E-state index in [9.17, 15) is 0 Å². The van der Waals surface area contributed by atoms with E-state index in [2.05, 4.69) is 15.6 Å². The van der Waals surface area contributed by atoms with Crippen molar-refractivity contribution < 1.29 is 4.74 Å². The molecule has 1 saturated heterocycles. The first-order valence-corrected chi connectivity index (χ1v) is 3.63. The van der Waals surface area contributed by atoms with E-state index in [0.717, 1.165) is 6.54 Å². The van der Waals surface area contributed by atoms with Crippen LogP contribution in [0, 0.1) is 11.5 Å². The number of guanidine groups is 1. The number of ether oxygens (including phenoxy) is 1. The number of rotatable bonds is 1. The van der Waals surface area contributed by atoms with Crippen LogP contribution in [-0.4, -0.2) is 31.9 Å². The molecule has 6 heteroatoms. The third kappa shape index (κ3) is 2.74. The Labute approximate surface area is 70.4 Å². The van der Waals surface area contributed by atoms with Crippen molar-refractivity contribution in [3.63, 3.8) is 0 Å². The minimum Gasteiger partial charge on any atom is -0.369 e. The van der Waals surface area contributed by atoms with E-state index in [-0.39, 0.29) is 12.2 Å².